The summed E-state index contributed by atoms with van der Waals surface area (Å²) >= 11 is 0. The molecule has 4 heterocycles. The first-order valence-electron chi connectivity index (χ1n) is 18.4. The Kier molecular flexibility index (Phi) is 16.5. The number of ketones is 1. The number of esters is 1. The molecule has 1 spiro atoms. The van der Waals surface area contributed by atoms with Crippen LogP contribution in [0.3, 0.4) is 0 Å². The molecule has 4 aliphatic rings. The van der Waals surface area contributed by atoms with E-state index in [1.165, 1.54) is 7.11 Å². The van der Waals surface area contributed by atoms with Gasteiger partial charge in [-0.15, -0.1) is 0 Å². The van der Waals surface area contributed by atoms with E-state index < -0.39 is 104 Å². The van der Waals surface area contributed by atoms with Crippen molar-refractivity contribution in [2.24, 2.45) is 29.6 Å². The van der Waals surface area contributed by atoms with Crippen LogP contribution in [-0.4, -0.2) is 154 Å². The van der Waals surface area contributed by atoms with E-state index in [-0.39, 0.29) is 43.3 Å². The quantitative estimate of drug-likeness (QED) is 0.125. The maximum absolute atomic E-state index is 13.9. The number of ether oxygens (including phenoxy) is 7. The lowest BCUT2D eigenvalue weighted by molar-refractivity contribution is -0.299. The van der Waals surface area contributed by atoms with Crippen molar-refractivity contribution in [3.8, 4) is 0 Å². The molecule has 0 aromatic heterocycles. The van der Waals surface area contributed by atoms with Gasteiger partial charge in [0.2, 0.25) is 0 Å². The van der Waals surface area contributed by atoms with Gasteiger partial charge in [-0.05, 0) is 60.5 Å². The lowest BCUT2D eigenvalue weighted by Crippen LogP contribution is -2.57. The number of carbonyl (C=O) groups is 2. The van der Waals surface area contributed by atoms with Crippen molar-refractivity contribution in [2.45, 2.75) is 154 Å². The van der Waals surface area contributed by atoms with Gasteiger partial charge in [-0.1, -0.05) is 27.7 Å². The van der Waals surface area contributed by atoms with Crippen LogP contribution in [0.5, 0.6) is 0 Å². The number of hydrogen-bond donors (Lipinski definition) is 6. The van der Waals surface area contributed by atoms with Gasteiger partial charge in [0.15, 0.2) is 24.0 Å². The van der Waals surface area contributed by atoms with Crippen molar-refractivity contribution in [1.82, 2.24) is 4.90 Å². The molecule has 1 unspecified atom stereocenters. The van der Waals surface area contributed by atoms with Gasteiger partial charge in [-0.25, -0.2) is 4.57 Å². The number of Topliss-reactive ketones (excluding diaryl/α,β-unsaturated/α-hetero) is 1. The molecule has 0 radical (unpaired) electrons. The van der Waals surface area contributed by atoms with Crippen molar-refractivity contribution in [3.05, 3.63) is 0 Å². The van der Waals surface area contributed by atoms with Crippen LogP contribution in [0.15, 0.2) is 0 Å². The highest BCUT2D eigenvalue weighted by Gasteiger charge is 2.57. The van der Waals surface area contributed by atoms with Crippen LogP contribution in [0.1, 0.15) is 74.7 Å². The first-order chi connectivity index (χ1) is 24.4. The Morgan fingerprint density at radius 1 is 0.792 bits per heavy atom. The molecule has 0 amide bonds. The SMILES string of the molecule is CO[C@H]1C[C@H](O[C@H]2[C@H](C)[C@@H](OC3O[C@H](C)C[C@H](N(C)C)[C@H]3O)[C@@H](C)C[C@]3(CO3)C(=O)[C@H](C)[C@@H](O)[C@@H](C)[C@@H](C)OC(=O)[C@@H]2C)O[C@@H](C)[C@@H]1O.O=P(O)(O)O. The number of hydrogen-bond acceptors (Lipinski definition) is 14. The molecule has 0 bridgehead atoms. The van der Waals surface area contributed by atoms with E-state index >= 15 is 0 Å². The Hall–Kier alpha value is -1.15. The fourth-order valence-corrected chi connectivity index (χ4v) is 7.89. The van der Waals surface area contributed by atoms with Crippen LogP contribution in [0.2, 0.25) is 0 Å². The predicted octanol–water partition coefficient (Wildman–Crippen LogP) is 0.980. The Labute approximate surface area is 312 Å². The average molecular weight is 786 g/mol. The van der Waals surface area contributed by atoms with Crippen LogP contribution in [0.4, 0.5) is 0 Å². The van der Waals surface area contributed by atoms with Gasteiger partial charge in [-0.2, -0.15) is 0 Å². The maximum atomic E-state index is 13.9. The summed E-state index contributed by atoms with van der Waals surface area (Å²) < 4.78 is 51.9. The normalized spacial score (nSPS) is 46.3. The van der Waals surface area contributed by atoms with Crippen LogP contribution in [-0.2, 0) is 47.3 Å². The molecule has 18 heteroatoms. The van der Waals surface area contributed by atoms with Crippen molar-refractivity contribution in [3.63, 3.8) is 0 Å². The summed E-state index contributed by atoms with van der Waals surface area (Å²) in [5.41, 5.74) is -1.10. The molecule has 4 fully saturated rings. The van der Waals surface area contributed by atoms with E-state index in [1.807, 2.05) is 39.8 Å². The monoisotopic (exact) mass is 785 g/mol. The minimum absolute atomic E-state index is 0.198. The molecule has 4 rings (SSSR count). The Morgan fingerprint density at radius 2 is 1.38 bits per heavy atom. The molecule has 53 heavy (non-hydrogen) atoms. The molecule has 0 aromatic rings. The van der Waals surface area contributed by atoms with Gasteiger partial charge in [0, 0.05) is 37.3 Å². The lowest BCUT2D eigenvalue weighted by Gasteiger charge is -2.46. The number of rotatable bonds is 6. The Bertz CT molecular complexity index is 1240. The highest BCUT2D eigenvalue weighted by Crippen LogP contribution is 2.43. The molecular formula is C35H64NO16P. The zero-order chi connectivity index (χ0) is 40.3. The maximum Gasteiger partial charge on any atom is 0.466 e. The fourth-order valence-electron chi connectivity index (χ4n) is 7.89. The highest BCUT2D eigenvalue weighted by atomic mass is 31.2. The topological polar surface area (TPSA) is 244 Å². The van der Waals surface area contributed by atoms with Gasteiger partial charge in [0.25, 0.3) is 0 Å². The van der Waals surface area contributed by atoms with Crippen LogP contribution in [0, 0.1) is 29.6 Å². The molecular weight excluding hydrogens is 721 g/mol. The summed E-state index contributed by atoms with van der Waals surface area (Å²) in [4.78, 5) is 51.2. The zero-order valence-electron chi connectivity index (χ0n) is 32.8. The smallest absolute Gasteiger partial charge is 0.462 e. The molecule has 0 saturated carbocycles. The fraction of sp³-hybridized carbons (Fsp3) is 0.943. The van der Waals surface area contributed by atoms with Crippen molar-refractivity contribution in [2.75, 3.05) is 27.8 Å². The Balaban J connectivity index is 0.00000141. The van der Waals surface area contributed by atoms with E-state index in [0.29, 0.717) is 6.42 Å². The molecule has 17 nitrogen and oxygen atoms in total. The molecule has 0 aromatic carbocycles. The van der Waals surface area contributed by atoms with Gasteiger partial charge in [0.05, 0.1) is 49.1 Å². The number of aliphatic hydroxyl groups excluding tert-OH is 3. The second-order valence-electron chi connectivity index (χ2n) is 15.8. The molecule has 310 valence electrons. The van der Waals surface area contributed by atoms with Gasteiger partial charge in [0.1, 0.15) is 18.3 Å². The van der Waals surface area contributed by atoms with Crippen LogP contribution in [0.25, 0.3) is 0 Å². The van der Waals surface area contributed by atoms with Crippen molar-refractivity contribution in [1.29, 1.82) is 0 Å². The number of carbonyl (C=O) groups excluding carboxylic acids is 2. The number of aliphatic hydroxyl groups is 3. The third-order valence-corrected chi connectivity index (χ3v) is 11.4. The summed E-state index contributed by atoms with van der Waals surface area (Å²) in [7, 11) is 0.685. The lowest BCUT2D eigenvalue weighted by atomic mass is 9.76. The summed E-state index contributed by atoms with van der Waals surface area (Å²) in [6.07, 6.45) is -7.15. The number of methoxy groups -OCH3 is 1. The average Bonchev–Trinajstić information content (AvgIpc) is 3.85. The highest BCUT2D eigenvalue weighted by molar-refractivity contribution is 7.45. The number of phosphoric acid groups is 1. The van der Waals surface area contributed by atoms with E-state index in [0.717, 1.165) is 0 Å². The standard InChI is InChI=1S/C35H61NO12.H3O4P/c1-16-14-35(15-43-35)32(40)19(4)27(37)18(3)22(7)46-33(41)21(6)31(47-26-13-25(42-11)28(38)23(8)45-26)20(5)30(16)48-34-29(39)24(36(9)10)12-17(2)44-34;1-5(2,3)4/h16-31,34,37-39H,12-15H2,1-11H3;(H3,1,2,3,4)/t16-,17+,18-,19+,20+,21+,22+,23-,24-,25-,26-,27-,28-,29+,30-,31-,34?,35-;/m0./s1. The van der Waals surface area contributed by atoms with E-state index in [9.17, 15) is 24.9 Å². The number of cyclic esters (lactones) is 1. The molecule has 4 aliphatic heterocycles. The van der Waals surface area contributed by atoms with E-state index in [4.69, 9.17) is 52.4 Å². The van der Waals surface area contributed by atoms with Gasteiger partial charge in [-0.3, -0.25) is 9.59 Å². The minimum Gasteiger partial charge on any atom is -0.462 e. The second kappa shape index (κ2) is 18.9. The molecule has 18 atom stereocenters. The van der Waals surface area contributed by atoms with Gasteiger partial charge < -0.3 is 68.1 Å². The van der Waals surface area contributed by atoms with E-state index in [2.05, 4.69) is 0 Å². The largest absolute Gasteiger partial charge is 0.466 e. The number of epoxide rings is 1. The molecule has 4 saturated heterocycles. The first kappa shape index (κ1) is 46.2. The summed E-state index contributed by atoms with van der Waals surface area (Å²) in [6.45, 7) is 14.6. The number of likely N-dealkylation sites (N-methyl/N-ethyl adjacent to an activating group) is 1. The summed E-state index contributed by atoms with van der Waals surface area (Å²) in [5.74, 6) is -3.74. The third kappa shape index (κ3) is 11.9. The van der Waals surface area contributed by atoms with Gasteiger partial charge >= 0.3 is 13.8 Å². The van der Waals surface area contributed by atoms with Crippen LogP contribution < -0.4 is 0 Å². The van der Waals surface area contributed by atoms with E-state index in [1.54, 1.807) is 34.6 Å². The Morgan fingerprint density at radius 3 is 1.91 bits per heavy atom. The molecule has 6 N–H and O–H groups in total. The minimum atomic E-state index is -4.64. The van der Waals surface area contributed by atoms with Crippen molar-refractivity contribution >= 4 is 19.6 Å². The zero-order valence-corrected chi connectivity index (χ0v) is 33.7. The third-order valence-electron chi connectivity index (χ3n) is 11.4. The van der Waals surface area contributed by atoms with Crippen LogP contribution >= 0.6 is 7.82 Å². The second-order valence-corrected chi connectivity index (χ2v) is 16.8. The first-order valence-corrected chi connectivity index (χ1v) is 20.0. The summed E-state index contributed by atoms with van der Waals surface area (Å²) in [6, 6.07) is -0.219. The van der Waals surface area contributed by atoms with Crippen molar-refractivity contribution < 1.29 is 77.3 Å². The summed E-state index contributed by atoms with van der Waals surface area (Å²) in [5, 5.41) is 33.3. The number of nitrogens with zero attached hydrogens (tertiary/aromatic N) is 1. The predicted molar refractivity (Wildman–Crippen MR) is 188 cm³/mol. The molecule has 0 aliphatic carbocycles.